The molecular formula is C12H12FN3. The number of nitrogens with zero attached hydrogens (tertiary/aromatic N) is 3. The largest absolute Gasteiger partial charge is 0.287 e. The maximum atomic E-state index is 13.1. The molecule has 0 heterocycles. The Bertz CT molecular complexity index is 456. The van der Waals surface area contributed by atoms with E-state index in [-0.39, 0.29) is 6.04 Å². The van der Waals surface area contributed by atoms with Gasteiger partial charge >= 0.3 is 0 Å². The number of nitriles is 2. The van der Waals surface area contributed by atoms with Crippen LogP contribution in [0.4, 0.5) is 4.39 Å². The fourth-order valence-corrected chi connectivity index (χ4v) is 1.33. The summed E-state index contributed by atoms with van der Waals surface area (Å²) in [6.45, 7) is 2.21. The zero-order valence-electron chi connectivity index (χ0n) is 9.24. The summed E-state index contributed by atoms with van der Waals surface area (Å²) in [5, 5.41) is 17.4. The van der Waals surface area contributed by atoms with Crippen molar-refractivity contribution in [1.82, 2.24) is 4.90 Å². The Hall–Kier alpha value is -1.91. The SMILES string of the molecule is CC(C#N)N(C)Cc1cc(F)cc(C#N)c1. The van der Waals surface area contributed by atoms with E-state index in [1.54, 1.807) is 24.9 Å². The fraction of sp³-hybridized carbons (Fsp3) is 0.333. The van der Waals surface area contributed by atoms with Crippen molar-refractivity contribution in [3.05, 3.63) is 35.1 Å². The Morgan fingerprint density at radius 2 is 2.06 bits per heavy atom. The summed E-state index contributed by atoms with van der Waals surface area (Å²) >= 11 is 0. The maximum absolute atomic E-state index is 13.1. The minimum atomic E-state index is -0.424. The zero-order valence-corrected chi connectivity index (χ0v) is 9.24. The van der Waals surface area contributed by atoms with Gasteiger partial charge in [0.15, 0.2) is 0 Å². The molecule has 1 atom stereocenters. The molecule has 0 saturated carbocycles. The smallest absolute Gasteiger partial charge is 0.124 e. The topological polar surface area (TPSA) is 50.8 Å². The first kappa shape index (κ1) is 12.2. The van der Waals surface area contributed by atoms with Crippen molar-refractivity contribution < 1.29 is 4.39 Å². The molecule has 1 aromatic rings. The molecule has 0 bridgehead atoms. The van der Waals surface area contributed by atoms with Crippen molar-refractivity contribution in [1.29, 1.82) is 10.5 Å². The minimum absolute atomic E-state index is 0.242. The highest BCUT2D eigenvalue weighted by molar-refractivity contribution is 5.33. The second kappa shape index (κ2) is 5.25. The molecule has 1 unspecified atom stereocenters. The quantitative estimate of drug-likeness (QED) is 0.778. The highest BCUT2D eigenvalue weighted by atomic mass is 19.1. The van der Waals surface area contributed by atoms with E-state index in [0.29, 0.717) is 17.7 Å². The zero-order chi connectivity index (χ0) is 12.1. The average Bonchev–Trinajstić information content (AvgIpc) is 2.26. The Balaban J connectivity index is 2.87. The summed E-state index contributed by atoms with van der Waals surface area (Å²) < 4.78 is 13.1. The van der Waals surface area contributed by atoms with Crippen molar-refractivity contribution in [2.75, 3.05) is 7.05 Å². The molecule has 0 aliphatic carbocycles. The van der Waals surface area contributed by atoms with Crippen LogP contribution in [-0.2, 0) is 6.54 Å². The van der Waals surface area contributed by atoms with Crippen LogP contribution in [0.1, 0.15) is 18.1 Å². The predicted molar refractivity (Wildman–Crippen MR) is 57.7 cm³/mol. The molecule has 0 amide bonds. The summed E-state index contributed by atoms with van der Waals surface area (Å²) in [6.07, 6.45) is 0. The van der Waals surface area contributed by atoms with Crippen LogP contribution in [0.25, 0.3) is 0 Å². The molecule has 16 heavy (non-hydrogen) atoms. The van der Waals surface area contributed by atoms with Crippen LogP contribution in [-0.4, -0.2) is 18.0 Å². The molecule has 0 N–H and O–H groups in total. The monoisotopic (exact) mass is 217 g/mol. The third-order valence-corrected chi connectivity index (χ3v) is 2.37. The van der Waals surface area contributed by atoms with Gasteiger partial charge in [0.25, 0.3) is 0 Å². The van der Waals surface area contributed by atoms with Crippen LogP contribution in [0.2, 0.25) is 0 Å². The first-order valence-electron chi connectivity index (χ1n) is 4.86. The lowest BCUT2D eigenvalue weighted by Crippen LogP contribution is -2.27. The Morgan fingerprint density at radius 1 is 1.38 bits per heavy atom. The summed E-state index contributed by atoms with van der Waals surface area (Å²) in [6, 6.07) is 7.95. The second-order valence-electron chi connectivity index (χ2n) is 3.68. The molecule has 0 radical (unpaired) electrons. The second-order valence-corrected chi connectivity index (χ2v) is 3.68. The van der Waals surface area contributed by atoms with Crippen LogP contribution < -0.4 is 0 Å². The fourth-order valence-electron chi connectivity index (χ4n) is 1.33. The number of benzene rings is 1. The summed E-state index contributed by atoms with van der Waals surface area (Å²) in [5.74, 6) is -0.424. The highest BCUT2D eigenvalue weighted by Gasteiger charge is 2.09. The third-order valence-electron chi connectivity index (χ3n) is 2.37. The Morgan fingerprint density at radius 3 is 2.62 bits per heavy atom. The van der Waals surface area contributed by atoms with Crippen molar-refractivity contribution in [3.63, 3.8) is 0 Å². The van der Waals surface area contributed by atoms with Gasteiger partial charge in [-0.2, -0.15) is 10.5 Å². The molecule has 0 aromatic heterocycles. The summed E-state index contributed by atoms with van der Waals surface area (Å²) in [4.78, 5) is 1.79. The Labute approximate surface area is 94.3 Å². The van der Waals surface area contributed by atoms with Gasteiger partial charge in [0, 0.05) is 6.54 Å². The van der Waals surface area contributed by atoms with E-state index in [0.717, 1.165) is 0 Å². The standard InChI is InChI=1S/C12H12FN3/c1-9(6-14)16(2)8-11-3-10(7-15)4-12(13)5-11/h3-5,9H,8H2,1-2H3. The lowest BCUT2D eigenvalue weighted by Gasteiger charge is -2.18. The number of hydrogen-bond acceptors (Lipinski definition) is 3. The minimum Gasteiger partial charge on any atom is -0.287 e. The van der Waals surface area contributed by atoms with Crippen molar-refractivity contribution in [2.24, 2.45) is 0 Å². The van der Waals surface area contributed by atoms with Crippen LogP contribution in [0.3, 0.4) is 0 Å². The van der Waals surface area contributed by atoms with Crippen molar-refractivity contribution in [3.8, 4) is 12.1 Å². The van der Waals surface area contributed by atoms with Gasteiger partial charge in [-0.15, -0.1) is 0 Å². The normalized spacial score (nSPS) is 11.9. The van der Waals surface area contributed by atoms with Crippen molar-refractivity contribution >= 4 is 0 Å². The van der Waals surface area contributed by atoms with Crippen LogP contribution in [0.15, 0.2) is 18.2 Å². The van der Waals surface area contributed by atoms with Gasteiger partial charge in [-0.05, 0) is 37.7 Å². The van der Waals surface area contributed by atoms with E-state index in [9.17, 15) is 4.39 Å². The van der Waals surface area contributed by atoms with E-state index in [1.165, 1.54) is 12.1 Å². The lowest BCUT2D eigenvalue weighted by molar-refractivity contribution is 0.294. The first-order chi connectivity index (χ1) is 7.56. The van der Waals surface area contributed by atoms with Gasteiger partial charge < -0.3 is 0 Å². The van der Waals surface area contributed by atoms with Crippen LogP contribution >= 0.6 is 0 Å². The van der Waals surface area contributed by atoms with E-state index in [4.69, 9.17) is 10.5 Å². The molecule has 0 aliphatic rings. The predicted octanol–water partition coefficient (Wildman–Crippen LogP) is 2.04. The molecule has 0 spiro atoms. The summed E-state index contributed by atoms with van der Waals surface area (Å²) in [7, 11) is 1.78. The van der Waals surface area contributed by atoms with Gasteiger partial charge in [-0.1, -0.05) is 0 Å². The van der Waals surface area contributed by atoms with Gasteiger partial charge in [0.05, 0.1) is 23.7 Å². The van der Waals surface area contributed by atoms with Gasteiger partial charge in [0.2, 0.25) is 0 Å². The van der Waals surface area contributed by atoms with Gasteiger partial charge in [-0.3, -0.25) is 4.90 Å². The van der Waals surface area contributed by atoms with Crippen LogP contribution in [0, 0.1) is 28.5 Å². The highest BCUT2D eigenvalue weighted by Crippen LogP contribution is 2.11. The molecule has 0 aliphatic heterocycles. The van der Waals surface area contributed by atoms with Crippen molar-refractivity contribution in [2.45, 2.75) is 19.5 Å². The van der Waals surface area contributed by atoms with Crippen LogP contribution in [0.5, 0.6) is 0 Å². The number of halogens is 1. The molecule has 0 saturated heterocycles. The van der Waals surface area contributed by atoms with E-state index < -0.39 is 5.82 Å². The van der Waals surface area contributed by atoms with E-state index >= 15 is 0 Å². The molecule has 1 rings (SSSR count). The number of hydrogen-bond donors (Lipinski definition) is 0. The third kappa shape index (κ3) is 3.05. The lowest BCUT2D eigenvalue weighted by atomic mass is 10.1. The van der Waals surface area contributed by atoms with Gasteiger partial charge in [-0.25, -0.2) is 4.39 Å². The maximum Gasteiger partial charge on any atom is 0.124 e. The van der Waals surface area contributed by atoms with E-state index in [1.807, 2.05) is 6.07 Å². The molecule has 1 aromatic carbocycles. The molecule has 4 heteroatoms. The number of rotatable bonds is 3. The molecule has 3 nitrogen and oxygen atoms in total. The average molecular weight is 217 g/mol. The molecular weight excluding hydrogens is 205 g/mol. The first-order valence-corrected chi connectivity index (χ1v) is 4.86. The van der Waals surface area contributed by atoms with Gasteiger partial charge in [0.1, 0.15) is 5.82 Å². The Kier molecular flexibility index (Phi) is 3.99. The molecule has 82 valence electrons. The van der Waals surface area contributed by atoms with E-state index in [2.05, 4.69) is 6.07 Å². The summed E-state index contributed by atoms with van der Waals surface area (Å²) in [5.41, 5.74) is 0.995. The molecule has 0 fully saturated rings.